The summed E-state index contributed by atoms with van der Waals surface area (Å²) < 4.78 is 4.49. The van der Waals surface area contributed by atoms with Crippen molar-refractivity contribution in [3.8, 4) is 0 Å². The maximum absolute atomic E-state index is 11.8. The summed E-state index contributed by atoms with van der Waals surface area (Å²) in [6.45, 7) is 1.66. The number of hydrogen-bond donors (Lipinski definition) is 3. The molecule has 0 saturated carbocycles. The average Bonchev–Trinajstić information content (AvgIpc) is 3.01. The third kappa shape index (κ3) is 3.82. The van der Waals surface area contributed by atoms with Crippen LogP contribution in [0.4, 0.5) is 16.2 Å². The lowest BCUT2D eigenvalue weighted by Gasteiger charge is -2.06. The van der Waals surface area contributed by atoms with Gasteiger partial charge in [-0.05, 0) is 29.7 Å². The van der Waals surface area contributed by atoms with Gasteiger partial charge >= 0.3 is 17.7 Å². The zero-order chi connectivity index (χ0) is 17.7. The number of anilines is 1. The van der Waals surface area contributed by atoms with E-state index in [0.717, 1.165) is 0 Å². The summed E-state index contributed by atoms with van der Waals surface area (Å²) in [7, 11) is 0. The Balaban J connectivity index is 2.00. The van der Waals surface area contributed by atoms with E-state index in [1.165, 1.54) is 25.1 Å². The highest BCUT2D eigenvalue weighted by Gasteiger charge is 2.20. The lowest BCUT2D eigenvalue weighted by molar-refractivity contribution is -0.383. The first-order chi connectivity index (χ1) is 11.4. The SMILES string of the molecule is CC(=CCCNC(=O)Nc1ccc([N+](=O)[O-])c2nonc12)C(=O)O. The molecule has 126 valence electrons. The smallest absolute Gasteiger partial charge is 0.330 e. The molecule has 24 heavy (non-hydrogen) atoms. The molecule has 0 saturated heterocycles. The first kappa shape index (κ1) is 16.9. The van der Waals surface area contributed by atoms with Crippen molar-refractivity contribution in [3.63, 3.8) is 0 Å². The fraction of sp³-hybridized carbons (Fsp3) is 0.231. The molecule has 0 aliphatic rings. The number of benzene rings is 1. The summed E-state index contributed by atoms with van der Waals surface area (Å²) in [6.07, 6.45) is 1.82. The maximum atomic E-state index is 11.8. The third-order valence-corrected chi connectivity index (χ3v) is 3.06. The molecule has 1 heterocycles. The number of nitrogens with zero attached hydrogens (tertiary/aromatic N) is 3. The molecule has 2 rings (SSSR count). The van der Waals surface area contributed by atoms with Gasteiger partial charge in [0.15, 0.2) is 5.52 Å². The molecule has 0 atom stereocenters. The number of aliphatic carboxylic acids is 1. The highest BCUT2D eigenvalue weighted by molar-refractivity contribution is 6.00. The summed E-state index contributed by atoms with van der Waals surface area (Å²) >= 11 is 0. The molecule has 0 fully saturated rings. The van der Waals surface area contributed by atoms with Crippen LogP contribution in [0.5, 0.6) is 0 Å². The van der Waals surface area contributed by atoms with Crippen molar-refractivity contribution < 1.29 is 24.2 Å². The number of nitrogens with one attached hydrogen (secondary N) is 2. The predicted octanol–water partition coefficient (Wildman–Crippen LogP) is 1.67. The maximum Gasteiger partial charge on any atom is 0.330 e. The Bertz CT molecular complexity index is 827. The zero-order valence-corrected chi connectivity index (χ0v) is 12.5. The van der Waals surface area contributed by atoms with E-state index in [9.17, 15) is 19.7 Å². The number of carbonyl (C=O) groups excluding carboxylic acids is 1. The topological polar surface area (TPSA) is 160 Å². The third-order valence-electron chi connectivity index (χ3n) is 3.06. The van der Waals surface area contributed by atoms with Crippen LogP contribution in [0.2, 0.25) is 0 Å². The van der Waals surface area contributed by atoms with Crippen LogP contribution in [0.25, 0.3) is 11.0 Å². The van der Waals surface area contributed by atoms with Crippen molar-refractivity contribution in [3.05, 3.63) is 33.9 Å². The van der Waals surface area contributed by atoms with E-state index in [1.807, 2.05) is 0 Å². The molecular weight excluding hydrogens is 322 g/mol. The van der Waals surface area contributed by atoms with E-state index >= 15 is 0 Å². The number of carboxylic acids is 1. The van der Waals surface area contributed by atoms with Gasteiger partial charge in [-0.1, -0.05) is 6.08 Å². The fourth-order valence-electron chi connectivity index (χ4n) is 1.83. The summed E-state index contributed by atoms with van der Waals surface area (Å²) in [5.41, 5.74) is 0.0832. The number of amides is 2. The van der Waals surface area contributed by atoms with E-state index in [1.54, 1.807) is 0 Å². The Labute approximate surface area is 134 Å². The molecule has 0 radical (unpaired) electrons. The number of nitro benzene ring substituents is 1. The van der Waals surface area contributed by atoms with Gasteiger partial charge in [0.05, 0.1) is 10.6 Å². The van der Waals surface area contributed by atoms with Crippen molar-refractivity contribution in [2.45, 2.75) is 13.3 Å². The highest BCUT2D eigenvalue weighted by Crippen LogP contribution is 2.28. The first-order valence-corrected chi connectivity index (χ1v) is 6.74. The van der Waals surface area contributed by atoms with Crippen molar-refractivity contribution in [2.24, 2.45) is 0 Å². The van der Waals surface area contributed by atoms with Gasteiger partial charge in [0, 0.05) is 18.2 Å². The van der Waals surface area contributed by atoms with Crippen molar-refractivity contribution >= 4 is 34.4 Å². The number of aromatic nitrogens is 2. The molecule has 11 nitrogen and oxygen atoms in total. The van der Waals surface area contributed by atoms with Crippen LogP contribution in [0.15, 0.2) is 28.4 Å². The predicted molar refractivity (Wildman–Crippen MR) is 81.5 cm³/mol. The molecule has 0 unspecified atom stereocenters. The molecule has 11 heteroatoms. The van der Waals surface area contributed by atoms with Gasteiger partial charge in [0.25, 0.3) is 0 Å². The van der Waals surface area contributed by atoms with Crippen LogP contribution in [-0.4, -0.2) is 38.9 Å². The standard InChI is InChI=1S/C13H13N5O6/c1-7(12(19)20)3-2-6-14-13(21)15-8-4-5-9(18(22)23)11-10(8)16-24-17-11/h3-5H,2,6H2,1H3,(H,19,20)(H2,14,15,21). The molecule has 0 spiro atoms. The Morgan fingerprint density at radius 1 is 1.38 bits per heavy atom. The van der Waals surface area contributed by atoms with Gasteiger partial charge in [0.2, 0.25) is 5.52 Å². The number of carboxylic acid groups (broad SMARTS) is 1. The molecule has 2 amide bonds. The van der Waals surface area contributed by atoms with Crippen molar-refractivity contribution in [2.75, 3.05) is 11.9 Å². The Morgan fingerprint density at radius 3 is 2.75 bits per heavy atom. The van der Waals surface area contributed by atoms with E-state index in [4.69, 9.17) is 5.11 Å². The van der Waals surface area contributed by atoms with Crippen molar-refractivity contribution in [1.29, 1.82) is 0 Å². The van der Waals surface area contributed by atoms with Crippen LogP contribution in [-0.2, 0) is 4.79 Å². The van der Waals surface area contributed by atoms with Gasteiger partial charge in [0.1, 0.15) is 0 Å². The zero-order valence-electron chi connectivity index (χ0n) is 12.5. The van der Waals surface area contributed by atoms with Gasteiger partial charge in [-0.2, -0.15) is 0 Å². The molecule has 2 aromatic rings. The normalized spacial score (nSPS) is 11.3. The minimum absolute atomic E-state index is 0.0565. The Kier molecular flexibility index (Phi) is 5.04. The van der Waals surface area contributed by atoms with Crippen LogP contribution in [0, 0.1) is 10.1 Å². The number of hydrogen-bond acceptors (Lipinski definition) is 7. The van der Waals surface area contributed by atoms with Gasteiger partial charge < -0.3 is 15.7 Å². The number of fused-ring (bicyclic) bond motifs is 1. The number of nitro groups is 1. The molecular formula is C13H13N5O6. The minimum atomic E-state index is -1.02. The minimum Gasteiger partial charge on any atom is -0.478 e. The summed E-state index contributed by atoms with van der Waals surface area (Å²) in [4.78, 5) is 32.7. The lowest BCUT2D eigenvalue weighted by atomic mass is 10.2. The summed E-state index contributed by atoms with van der Waals surface area (Å²) in [5, 5.41) is 31.6. The molecule has 1 aromatic carbocycles. The fourth-order valence-corrected chi connectivity index (χ4v) is 1.83. The quantitative estimate of drug-likeness (QED) is 0.311. The number of carbonyl (C=O) groups is 2. The first-order valence-electron chi connectivity index (χ1n) is 6.74. The van der Waals surface area contributed by atoms with Gasteiger partial charge in [-0.25, -0.2) is 14.2 Å². The van der Waals surface area contributed by atoms with Gasteiger partial charge in [-0.15, -0.1) is 0 Å². The Morgan fingerprint density at radius 2 is 2.08 bits per heavy atom. The second-order valence-electron chi connectivity index (χ2n) is 4.71. The lowest BCUT2D eigenvalue weighted by Crippen LogP contribution is -2.29. The second kappa shape index (κ2) is 7.17. The van der Waals surface area contributed by atoms with E-state index in [-0.39, 0.29) is 34.5 Å². The van der Waals surface area contributed by atoms with Crippen LogP contribution in [0.1, 0.15) is 13.3 Å². The van der Waals surface area contributed by atoms with Crippen LogP contribution < -0.4 is 10.6 Å². The highest BCUT2D eigenvalue weighted by atomic mass is 16.6. The summed E-state index contributed by atoms with van der Waals surface area (Å²) in [6, 6.07) is 1.93. The molecule has 0 bridgehead atoms. The molecule has 0 aliphatic carbocycles. The summed E-state index contributed by atoms with van der Waals surface area (Å²) in [5.74, 6) is -1.02. The number of urea groups is 1. The van der Waals surface area contributed by atoms with Crippen molar-refractivity contribution in [1.82, 2.24) is 15.6 Å². The van der Waals surface area contributed by atoms with Crippen LogP contribution in [0.3, 0.4) is 0 Å². The molecule has 3 N–H and O–H groups in total. The van der Waals surface area contributed by atoms with Gasteiger partial charge in [-0.3, -0.25) is 10.1 Å². The van der Waals surface area contributed by atoms with E-state index in [2.05, 4.69) is 25.6 Å². The Hall–Kier alpha value is -3.50. The average molecular weight is 335 g/mol. The monoisotopic (exact) mass is 335 g/mol. The second-order valence-corrected chi connectivity index (χ2v) is 4.71. The molecule has 0 aliphatic heterocycles. The largest absolute Gasteiger partial charge is 0.478 e. The van der Waals surface area contributed by atoms with Crippen LogP contribution >= 0.6 is 0 Å². The molecule has 1 aromatic heterocycles. The number of rotatable bonds is 6. The van der Waals surface area contributed by atoms with E-state index < -0.39 is 16.9 Å². The number of non-ortho nitro benzene ring substituents is 1. The van der Waals surface area contributed by atoms with E-state index in [0.29, 0.717) is 6.42 Å².